The zero-order valence-corrected chi connectivity index (χ0v) is 10.6. The fourth-order valence-corrected chi connectivity index (χ4v) is 2.03. The Morgan fingerprint density at radius 2 is 2.00 bits per heavy atom. The first-order valence-corrected chi connectivity index (χ1v) is 6.70. The van der Waals surface area contributed by atoms with Gasteiger partial charge in [0.1, 0.15) is 12.2 Å². The van der Waals surface area contributed by atoms with Gasteiger partial charge in [-0.05, 0) is 12.0 Å². The molecule has 1 aromatic carbocycles. The average Bonchev–Trinajstić information content (AvgIpc) is 3.19. The number of hydrogen-bond acceptors (Lipinski definition) is 2. The minimum absolute atomic E-state index is 0.137. The predicted molar refractivity (Wildman–Crippen MR) is 69.0 cm³/mol. The van der Waals surface area contributed by atoms with Crippen molar-refractivity contribution in [3.05, 3.63) is 35.9 Å². The molecule has 2 nitrogen and oxygen atoms in total. The molecule has 2 heteroatoms. The highest BCUT2D eigenvalue weighted by Gasteiger charge is 2.34. The second kappa shape index (κ2) is 6.77. The summed E-state index contributed by atoms with van der Waals surface area (Å²) >= 11 is 0. The number of benzene rings is 1. The Morgan fingerprint density at radius 3 is 2.65 bits per heavy atom. The van der Waals surface area contributed by atoms with Crippen LogP contribution >= 0.6 is 0 Å². The van der Waals surface area contributed by atoms with E-state index in [9.17, 15) is 0 Å². The second-order valence-electron chi connectivity index (χ2n) is 4.63. The van der Waals surface area contributed by atoms with Gasteiger partial charge in [-0.25, -0.2) is 0 Å². The van der Waals surface area contributed by atoms with Crippen LogP contribution in [-0.2, 0) is 9.47 Å². The molecule has 2 unspecified atom stereocenters. The van der Waals surface area contributed by atoms with Crippen molar-refractivity contribution in [1.82, 2.24) is 0 Å². The van der Waals surface area contributed by atoms with Crippen molar-refractivity contribution >= 4 is 0 Å². The first kappa shape index (κ1) is 12.6. The van der Waals surface area contributed by atoms with Gasteiger partial charge in [0, 0.05) is 6.61 Å². The molecule has 1 aliphatic rings. The summed E-state index contributed by atoms with van der Waals surface area (Å²) in [5, 5.41) is 0. The molecule has 0 radical (unpaired) electrons. The minimum atomic E-state index is 0.137. The van der Waals surface area contributed by atoms with Crippen molar-refractivity contribution in [3.8, 4) is 0 Å². The highest BCUT2D eigenvalue weighted by atomic mass is 16.6. The monoisotopic (exact) mass is 234 g/mol. The van der Waals surface area contributed by atoms with Crippen molar-refractivity contribution in [1.29, 1.82) is 0 Å². The average molecular weight is 234 g/mol. The van der Waals surface area contributed by atoms with Gasteiger partial charge in [0.2, 0.25) is 0 Å². The van der Waals surface area contributed by atoms with Gasteiger partial charge < -0.3 is 9.47 Å². The Hall–Kier alpha value is -0.860. The molecule has 0 N–H and O–H groups in total. The maximum atomic E-state index is 5.97. The molecule has 1 fully saturated rings. The van der Waals surface area contributed by atoms with E-state index in [1.807, 2.05) is 6.07 Å². The smallest absolute Gasteiger partial charge is 0.111 e. The molecule has 1 saturated heterocycles. The second-order valence-corrected chi connectivity index (χ2v) is 4.63. The van der Waals surface area contributed by atoms with Gasteiger partial charge >= 0.3 is 0 Å². The molecule has 2 rings (SSSR count). The first-order chi connectivity index (χ1) is 8.42. The Balaban J connectivity index is 1.78. The van der Waals surface area contributed by atoms with E-state index in [1.165, 1.54) is 24.8 Å². The van der Waals surface area contributed by atoms with Crippen molar-refractivity contribution in [2.45, 2.75) is 44.8 Å². The lowest BCUT2D eigenvalue weighted by Gasteiger charge is -2.16. The summed E-state index contributed by atoms with van der Waals surface area (Å²) in [6.07, 6.45) is 5.42. The van der Waals surface area contributed by atoms with Crippen molar-refractivity contribution in [3.63, 3.8) is 0 Å². The fraction of sp³-hybridized carbons (Fsp3) is 0.600. The van der Waals surface area contributed by atoms with Crippen molar-refractivity contribution < 1.29 is 9.47 Å². The summed E-state index contributed by atoms with van der Waals surface area (Å²) in [6.45, 7) is 3.92. The van der Waals surface area contributed by atoms with Gasteiger partial charge in [0.15, 0.2) is 0 Å². The van der Waals surface area contributed by atoms with Crippen LogP contribution in [0.3, 0.4) is 0 Å². The zero-order valence-electron chi connectivity index (χ0n) is 10.6. The van der Waals surface area contributed by atoms with Crippen LogP contribution in [0.4, 0.5) is 0 Å². The van der Waals surface area contributed by atoms with Crippen LogP contribution in [-0.4, -0.2) is 19.3 Å². The lowest BCUT2D eigenvalue weighted by molar-refractivity contribution is 0.0299. The van der Waals surface area contributed by atoms with Crippen LogP contribution in [0.15, 0.2) is 30.3 Å². The van der Waals surface area contributed by atoms with E-state index in [-0.39, 0.29) is 12.2 Å². The quantitative estimate of drug-likeness (QED) is 0.505. The number of epoxide rings is 1. The number of ether oxygens (including phenoxy) is 2. The van der Waals surface area contributed by atoms with Gasteiger partial charge in [0.25, 0.3) is 0 Å². The highest BCUT2D eigenvalue weighted by Crippen LogP contribution is 2.31. The highest BCUT2D eigenvalue weighted by molar-refractivity contribution is 5.19. The maximum Gasteiger partial charge on any atom is 0.111 e. The van der Waals surface area contributed by atoms with E-state index >= 15 is 0 Å². The van der Waals surface area contributed by atoms with Crippen molar-refractivity contribution in [2.75, 3.05) is 13.2 Å². The molecule has 0 spiro atoms. The van der Waals surface area contributed by atoms with E-state index < -0.39 is 0 Å². The zero-order chi connectivity index (χ0) is 11.9. The van der Waals surface area contributed by atoms with Crippen LogP contribution in [0.5, 0.6) is 0 Å². The maximum absolute atomic E-state index is 5.97. The first-order valence-electron chi connectivity index (χ1n) is 6.70. The van der Waals surface area contributed by atoms with Crippen LogP contribution in [0, 0.1) is 0 Å². The number of hydrogen-bond donors (Lipinski definition) is 0. The van der Waals surface area contributed by atoms with Gasteiger partial charge in [0.05, 0.1) is 6.61 Å². The lowest BCUT2D eigenvalue weighted by Crippen LogP contribution is -2.11. The Morgan fingerprint density at radius 1 is 1.24 bits per heavy atom. The molecule has 1 heterocycles. The summed E-state index contributed by atoms with van der Waals surface area (Å²) in [4.78, 5) is 0. The third kappa shape index (κ3) is 4.14. The van der Waals surface area contributed by atoms with E-state index in [1.54, 1.807) is 0 Å². The molecular formula is C15H22O2. The Bertz CT molecular complexity index is 306. The SMILES string of the molecule is CCCCCCOC(c1ccccc1)C1CO1. The predicted octanol–water partition coefficient (Wildman–Crippen LogP) is 3.72. The molecule has 1 aromatic rings. The van der Waals surface area contributed by atoms with Crippen molar-refractivity contribution in [2.24, 2.45) is 0 Å². The molecule has 0 amide bonds. The largest absolute Gasteiger partial charge is 0.371 e. The van der Waals surface area contributed by atoms with E-state index in [4.69, 9.17) is 9.47 Å². The third-order valence-electron chi connectivity index (χ3n) is 3.12. The minimum Gasteiger partial charge on any atom is -0.371 e. The summed E-state index contributed by atoms with van der Waals surface area (Å²) in [5.74, 6) is 0. The van der Waals surface area contributed by atoms with Crippen LogP contribution in [0.2, 0.25) is 0 Å². The normalized spacial score (nSPS) is 20.2. The van der Waals surface area contributed by atoms with Gasteiger partial charge in [-0.1, -0.05) is 56.5 Å². The summed E-state index contributed by atoms with van der Waals surface area (Å²) in [6, 6.07) is 10.4. The Labute approximate surface area is 104 Å². The van der Waals surface area contributed by atoms with Crippen LogP contribution in [0.25, 0.3) is 0 Å². The van der Waals surface area contributed by atoms with Gasteiger partial charge in [-0.2, -0.15) is 0 Å². The molecule has 17 heavy (non-hydrogen) atoms. The van der Waals surface area contributed by atoms with Crippen LogP contribution < -0.4 is 0 Å². The standard InChI is InChI=1S/C15H22O2/c1-2-3-4-8-11-16-15(14-12-17-14)13-9-6-5-7-10-13/h5-7,9-10,14-15H,2-4,8,11-12H2,1H3. The van der Waals surface area contributed by atoms with Gasteiger partial charge in [-0.3, -0.25) is 0 Å². The third-order valence-corrected chi connectivity index (χ3v) is 3.12. The number of rotatable bonds is 8. The molecule has 2 atom stereocenters. The van der Waals surface area contributed by atoms with Crippen LogP contribution in [0.1, 0.15) is 44.3 Å². The lowest BCUT2D eigenvalue weighted by atomic mass is 10.1. The molecule has 94 valence electrons. The van der Waals surface area contributed by atoms with E-state index in [0.29, 0.717) is 0 Å². The summed E-state index contributed by atoms with van der Waals surface area (Å²) in [5.41, 5.74) is 1.24. The van der Waals surface area contributed by atoms with E-state index in [2.05, 4.69) is 31.2 Å². The fourth-order valence-electron chi connectivity index (χ4n) is 2.03. The molecule has 0 aliphatic carbocycles. The van der Waals surface area contributed by atoms with Gasteiger partial charge in [-0.15, -0.1) is 0 Å². The topological polar surface area (TPSA) is 21.8 Å². The summed E-state index contributed by atoms with van der Waals surface area (Å²) < 4.78 is 11.4. The molecular weight excluding hydrogens is 212 g/mol. The molecule has 1 aliphatic heterocycles. The summed E-state index contributed by atoms with van der Waals surface area (Å²) in [7, 11) is 0. The molecule has 0 bridgehead atoms. The van der Waals surface area contributed by atoms with E-state index in [0.717, 1.165) is 19.6 Å². The molecule has 0 aromatic heterocycles. The Kier molecular flexibility index (Phi) is 5.02. The number of unbranched alkanes of at least 4 members (excludes halogenated alkanes) is 3. The molecule has 0 saturated carbocycles.